The minimum absolute atomic E-state index is 0.0669. The van der Waals surface area contributed by atoms with Gasteiger partial charge in [-0.1, -0.05) is 6.58 Å². The molecule has 0 unspecified atom stereocenters. The Balaban J connectivity index is 1.55. The van der Waals surface area contributed by atoms with Crippen LogP contribution in [-0.4, -0.2) is 57.7 Å². The summed E-state index contributed by atoms with van der Waals surface area (Å²) in [6, 6.07) is 1.06. The number of aliphatic hydroxyl groups excluding tert-OH is 1. The number of hydrogen-bond donors (Lipinski definition) is 2. The Kier molecular flexibility index (Phi) is 6.29. The molecule has 176 valence electrons. The van der Waals surface area contributed by atoms with Crippen LogP contribution in [0.15, 0.2) is 36.2 Å². The normalized spacial score (nSPS) is 24.7. The van der Waals surface area contributed by atoms with Crippen LogP contribution in [0.1, 0.15) is 31.2 Å². The van der Waals surface area contributed by atoms with Crippen LogP contribution in [0.4, 0.5) is 13.2 Å². The first kappa shape index (κ1) is 23.0. The van der Waals surface area contributed by atoms with Crippen LogP contribution in [-0.2, 0) is 20.9 Å². The SMILES string of the molecule is C=C1C(=O)N2[C@H]3CC[C@H](CC3)[C@@H]2CN1/C=C(\C(=O)CO)C(=O)NCc1c(F)cc(F)cc1F. The summed E-state index contributed by atoms with van der Waals surface area (Å²) in [5.74, 6) is -5.34. The largest absolute Gasteiger partial charge is 0.388 e. The number of piperidine rings is 2. The zero-order valence-corrected chi connectivity index (χ0v) is 17.8. The number of hydrogen-bond acceptors (Lipinski definition) is 5. The lowest BCUT2D eigenvalue weighted by atomic mass is 9.73. The first-order chi connectivity index (χ1) is 15.7. The van der Waals surface area contributed by atoms with Crippen molar-refractivity contribution in [3.8, 4) is 0 Å². The van der Waals surface area contributed by atoms with Crippen molar-refractivity contribution in [2.75, 3.05) is 13.2 Å². The van der Waals surface area contributed by atoms with Crippen molar-refractivity contribution >= 4 is 17.6 Å². The molecule has 4 fully saturated rings. The van der Waals surface area contributed by atoms with E-state index in [1.54, 1.807) is 0 Å². The molecule has 0 radical (unpaired) electrons. The fourth-order valence-corrected chi connectivity index (χ4v) is 5.03. The van der Waals surface area contributed by atoms with E-state index in [9.17, 15) is 32.7 Å². The van der Waals surface area contributed by atoms with E-state index in [1.807, 2.05) is 4.90 Å². The molecule has 33 heavy (non-hydrogen) atoms. The topological polar surface area (TPSA) is 90.0 Å². The number of ketones is 1. The van der Waals surface area contributed by atoms with Gasteiger partial charge < -0.3 is 20.2 Å². The summed E-state index contributed by atoms with van der Waals surface area (Å²) in [7, 11) is 0. The minimum Gasteiger partial charge on any atom is -0.388 e. The van der Waals surface area contributed by atoms with E-state index in [4.69, 9.17) is 0 Å². The number of fused-ring (bicyclic) bond motifs is 2. The average Bonchev–Trinajstić information content (AvgIpc) is 2.79. The lowest BCUT2D eigenvalue weighted by molar-refractivity contribution is -0.147. The molecule has 0 aromatic heterocycles. The number of benzene rings is 1. The number of carbonyl (C=O) groups is 3. The van der Waals surface area contributed by atoms with Crippen LogP contribution < -0.4 is 5.32 Å². The molecular weight excluding hydrogens is 439 g/mol. The Hall–Kier alpha value is -3.14. The van der Waals surface area contributed by atoms with Crippen molar-refractivity contribution in [3.05, 3.63) is 59.2 Å². The van der Waals surface area contributed by atoms with Gasteiger partial charge in [-0.25, -0.2) is 13.2 Å². The van der Waals surface area contributed by atoms with Crippen molar-refractivity contribution in [2.45, 2.75) is 44.3 Å². The van der Waals surface area contributed by atoms with Crippen molar-refractivity contribution in [1.29, 1.82) is 0 Å². The van der Waals surface area contributed by atoms with Gasteiger partial charge in [0.2, 0.25) is 0 Å². The van der Waals surface area contributed by atoms with Crippen molar-refractivity contribution in [3.63, 3.8) is 0 Å². The van der Waals surface area contributed by atoms with Crippen LogP contribution in [0, 0.1) is 23.4 Å². The molecule has 2 amide bonds. The lowest BCUT2D eigenvalue weighted by Crippen LogP contribution is -2.64. The smallest absolute Gasteiger partial charge is 0.270 e. The third-order valence-corrected chi connectivity index (χ3v) is 6.75. The first-order valence-corrected chi connectivity index (χ1v) is 10.8. The third-order valence-electron chi connectivity index (χ3n) is 6.75. The van der Waals surface area contributed by atoms with E-state index in [-0.39, 0.29) is 23.7 Å². The zero-order valence-electron chi connectivity index (χ0n) is 17.8. The van der Waals surface area contributed by atoms with Crippen LogP contribution >= 0.6 is 0 Å². The maximum absolute atomic E-state index is 13.9. The van der Waals surface area contributed by atoms with Gasteiger partial charge in [0.25, 0.3) is 11.8 Å². The van der Waals surface area contributed by atoms with Crippen molar-refractivity contribution in [2.24, 2.45) is 5.92 Å². The van der Waals surface area contributed by atoms with E-state index in [0.717, 1.165) is 31.9 Å². The minimum atomic E-state index is -1.19. The van der Waals surface area contributed by atoms with E-state index in [0.29, 0.717) is 24.6 Å². The Morgan fingerprint density at radius 2 is 1.79 bits per heavy atom. The van der Waals surface area contributed by atoms with Crippen LogP contribution in [0.25, 0.3) is 0 Å². The highest BCUT2D eigenvalue weighted by Gasteiger charge is 2.48. The van der Waals surface area contributed by atoms with Gasteiger partial charge in [0.15, 0.2) is 5.78 Å². The highest BCUT2D eigenvalue weighted by Crippen LogP contribution is 2.42. The molecule has 3 aliphatic heterocycles. The van der Waals surface area contributed by atoms with E-state index >= 15 is 0 Å². The van der Waals surface area contributed by atoms with E-state index in [2.05, 4.69) is 11.9 Å². The number of Topliss-reactive ketones (excluding diaryl/α,β-unsaturated/α-hetero) is 1. The molecule has 1 aliphatic carbocycles. The molecule has 2 bridgehead atoms. The molecule has 3 saturated heterocycles. The Morgan fingerprint density at radius 3 is 2.39 bits per heavy atom. The van der Waals surface area contributed by atoms with E-state index in [1.165, 1.54) is 4.90 Å². The number of nitrogens with zero attached hydrogens (tertiary/aromatic N) is 2. The summed E-state index contributed by atoms with van der Waals surface area (Å²) >= 11 is 0. The van der Waals surface area contributed by atoms with Gasteiger partial charge >= 0.3 is 0 Å². The monoisotopic (exact) mass is 463 g/mol. The fraction of sp³-hybridized carbons (Fsp3) is 0.435. The van der Waals surface area contributed by atoms with Gasteiger partial charge in [-0.05, 0) is 31.6 Å². The summed E-state index contributed by atoms with van der Waals surface area (Å²) < 4.78 is 40.8. The van der Waals surface area contributed by atoms with Gasteiger partial charge in [0.1, 0.15) is 29.6 Å². The second-order valence-electron chi connectivity index (χ2n) is 8.60. The Bertz CT molecular complexity index is 1030. The summed E-state index contributed by atoms with van der Waals surface area (Å²) in [6.07, 6.45) is 5.05. The second kappa shape index (κ2) is 9.01. The molecule has 2 N–H and O–H groups in total. The maximum Gasteiger partial charge on any atom is 0.270 e. The molecule has 4 aliphatic rings. The summed E-state index contributed by atoms with van der Waals surface area (Å²) in [4.78, 5) is 41.2. The number of aliphatic hydroxyl groups is 1. The summed E-state index contributed by atoms with van der Waals surface area (Å²) in [6.45, 7) is 2.55. The van der Waals surface area contributed by atoms with E-state index < -0.39 is 53.4 Å². The van der Waals surface area contributed by atoms with Crippen LogP contribution in [0.5, 0.6) is 0 Å². The number of piperazine rings is 1. The van der Waals surface area contributed by atoms with Gasteiger partial charge in [0.05, 0.1) is 11.7 Å². The third kappa shape index (κ3) is 4.27. The van der Waals surface area contributed by atoms with Gasteiger partial charge in [-0.15, -0.1) is 0 Å². The standard InChI is InChI=1S/C23H24F3N3O4/c1-12-23(33)29-15-4-2-13(3-5-15)20(29)10-28(12)9-17(21(31)11-30)22(32)27-8-16-18(25)6-14(24)7-19(16)26/h6-7,9,13,15,20,30H,1-5,8,10-11H2,(H,27,32)/b17-9+/t13-,15+,20-/m0/s1. The number of rotatable bonds is 6. The molecule has 3 heterocycles. The molecule has 10 heteroatoms. The average molecular weight is 463 g/mol. The van der Waals surface area contributed by atoms with Gasteiger partial charge in [-0.3, -0.25) is 14.4 Å². The molecule has 0 spiro atoms. The lowest BCUT2D eigenvalue weighted by Gasteiger charge is -2.55. The highest BCUT2D eigenvalue weighted by molar-refractivity contribution is 6.19. The molecule has 1 saturated carbocycles. The first-order valence-electron chi connectivity index (χ1n) is 10.8. The molecule has 1 aromatic carbocycles. The van der Waals surface area contributed by atoms with Crippen LogP contribution in [0.2, 0.25) is 0 Å². The predicted molar refractivity (Wildman–Crippen MR) is 111 cm³/mol. The molecule has 1 atom stereocenters. The second-order valence-corrected chi connectivity index (χ2v) is 8.60. The Labute approximate surface area is 188 Å². The number of amides is 2. The van der Waals surface area contributed by atoms with Gasteiger partial charge in [0, 0.05) is 43.0 Å². The molecular formula is C23H24F3N3O4. The zero-order chi connectivity index (χ0) is 23.9. The summed E-state index contributed by atoms with van der Waals surface area (Å²) in [5, 5.41) is 11.6. The van der Waals surface area contributed by atoms with Crippen LogP contribution in [0.3, 0.4) is 0 Å². The highest BCUT2D eigenvalue weighted by atomic mass is 19.1. The molecule has 7 nitrogen and oxygen atoms in total. The number of nitrogens with one attached hydrogen (secondary N) is 1. The quantitative estimate of drug-likeness (QED) is 0.381. The number of carbonyl (C=O) groups excluding carboxylic acids is 3. The molecule has 5 rings (SSSR count). The molecule has 1 aromatic rings. The number of halogens is 3. The maximum atomic E-state index is 13.9. The summed E-state index contributed by atoms with van der Waals surface area (Å²) in [5.41, 5.74) is -0.957. The van der Waals surface area contributed by atoms with Crippen molar-refractivity contribution < 1.29 is 32.7 Å². The Morgan fingerprint density at radius 1 is 1.15 bits per heavy atom. The fourth-order valence-electron chi connectivity index (χ4n) is 5.03. The van der Waals surface area contributed by atoms with Crippen molar-refractivity contribution in [1.82, 2.24) is 15.1 Å². The van der Waals surface area contributed by atoms with Gasteiger partial charge in [-0.2, -0.15) is 0 Å². The predicted octanol–water partition coefficient (Wildman–Crippen LogP) is 1.76.